The summed E-state index contributed by atoms with van der Waals surface area (Å²) in [6.45, 7) is 0.698. The molecule has 3 aromatic carbocycles. The SMILES string of the molecule is Bc1nc(B)c(C(=O)NCCCCCC[PH](c2ccccc2)(c2ccccc2)c2ccccc2)c(B)c1B. The monoisotopic (exact) mass is 516 g/mol. The standard InChI is InChI=1S/C30H37B4N2OP/c31-26-25(28(33)36-29(34)27(26)32)30(37)35-20-12-1-2-13-21-38(22-14-6-3-7-15-22,23-16-8-4-9-17-23)24-18-10-5-11-19-24/h3-11,14-19,38H,1-2,12-13,20-21,31-34H2,(H,35,37). The van der Waals surface area contributed by atoms with Gasteiger partial charge in [-0.1, -0.05) is 0 Å². The molecule has 0 radical (unpaired) electrons. The van der Waals surface area contributed by atoms with Gasteiger partial charge in [0, 0.05) is 0 Å². The normalized spacial score (nSPS) is 11.7. The number of nitrogens with one attached hydrogen (secondary N) is 1. The molecular formula is C30H37B4N2OP. The van der Waals surface area contributed by atoms with Crippen LogP contribution in [0.1, 0.15) is 36.0 Å². The average molecular weight is 516 g/mol. The molecule has 4 rings (SSSR count). The summed E-state index contributed by atoms with van der Waals surface area (Å²) >= 11 is 0. The number of hydrogen-bond acceptors (Lipinski definition) is 2. The van der Waals surface area contributed by atoms with Gasteiger partial charge in [0.25, 0.3) is 0 Å². The van der Waals surface area contributed by atoms with Crippen molar-refractivity contribution in [2.45, 2.75) is 25.7 Å². The topological polar surface area (TPSA) is 42.0 Å². The number of hydrogen-bond donors (Lipinski definition) is 1. The van der Waals surface area contributed by atoms with Gasteiger partial charge >= 0.3 is 225 Å². The molecule has 0 atom stereocenters. The Bertz CT molecular complexity index is 1260. The number of carbonyl (C=O) groups is 1. The number of aromatic nitrogens is 1. The Morgan fingerprint density at radius 2 is 1.11 bits per heavy atom. The first-order chi connectivity index (χ1) is 18.4. The van der Waals surface area contributed by atoms with Crippen molar-refractivity contribution in [3.05, 3.63) is 96.6 Å². The van der Waals surface area contributed by atoms with Gasteiger partial charge in [-0.3, -0.25) is 0 Å². The first kappa shape index (κ1) is 28.0. The van der Waals surface area contributed by atoms with Crippen LogP contribution in [0.2, 0.25) is 0 Å². The van der Waals surface area contributed by atoms with E-state index in [2.05, 4.69) is 101 Å². The quantitative estimate of drug-likeness (QED) is 0.145. The van der Waals surface area contributed by atoms with Crippen LogP contribution >= 0.6 is 7.26 Å². The number of rotatable bonds is 11. The van der Waals surface area contributed by atoms with E-state index in [9.17, 15) is 4.79 Å². The molecule has 1 heterocycles. The van der Waals surface area contributed by atoms with Crippen molar-refractivity contribution in [2.75, 3.05) is 12.7 Å². The summed E-state index contributed by atoms with van der Waals surface area (Å²) in [5.41, 5.74) is 4.68. The summed E-state index contributed by atoms with van der Waals surface area (Å²) in [5, 5.41) is 7.55. The first-order valence-electron chi connectivity index (χ1n) is 13.8. The fraction of sp³-hybridized carbons (Fsp3) is 0.200. The third-order valence-corrected chi connectivity index (χ3v) is 13.0. The van der Waals surface area contributed by atoms with Crippen LogP contribution in [0.5, 0.6) is 0 Å². The third kappa shape index (κ3) is 6.16. The van der Waals surface area contributed by atoms with Crippen molar-refractivity contribution in [1.29, 1.82) is 0 Å². The molecule has 4 aromatic rings. The summed E-state index contributed by atoms with van der Waals surface area (Å²) in [7, 11) is 5.84. The van der Waals surface area contributed by atoms with Gasteiger partial charge in [-0.05, 0) is 0 Å². The van der Waals surface area contributed by atoms with E-state index in [1.807, 2.05) is 31.4 Å². The van der Waals surface area contributed by atoms with Crippen LogP contribution < -0.4 is 43.3 Å². The molecule has 0 saturated heterocycles. The maximum absolute atomic E-state index is 12.9. The van der Waals surface area contributed by atoms with Crippen LogP contribution in [0.15, 0.2) is 91.0 Å². The second-order valence-corrected chi connectivity index (χ2v) is 14.4. The Balaban J connectivity index is 1.41. The van der Waals surface area contributed by atoms with Crippen LogP contribution in [-0.4, -0.2) is 55.0 Å². The molecule has 0 aliphatic heterocycles. The molecule has 0 spiro atoms. The van der Waals surface area contributed by atoms with Crippen molar-refractivity contribution in [3.63, 3.8) is 0 Å². The van der Waals surface area contributed by atoms with Gasteiger partial charge in [0.05, 0.1) is 0 Å². The number of unbranched alkanes of at least 4 members (excludes halogenated alkanes) is 3. The molecule has 1 amide bonds. The molecule has 3 nitrogen and oxygen atoms in total. The molecule has 38 heavy (non-hydrogen) atoms. The second-order valence-electron chi connectivity index (χ2n) is 10.3. The zero-order chi connectivity index (χ0) is 27.0. The van der Waals surface area contributed by atoms with Crippen molar-refractivity contribution < 1.29 is 4.79 Å². The summed E-state index contributed by atoms with van der Waals surface area (Å²) in [6.07, 6.45) is 5.58. The Morgan fingerprint density at radius 3 is 1.61 bits per heavy atom. The van der Waals surface area contributed by atoms with Crippen LogP contribution in [0.3, 0.4) is 0 Å². The Kier molecular flexibility index (Phi) is 9.69. The number of benzene rings is 3. The van der Waals surface area contributed by atoms with Gasteiger partial charge in [-0.2, -0.15) is 0 Å². The van der Waals surface area contributed by atoms with E-state index in [1.54, 1.807) is 0 Å². The zero-order valence-corrected chi connectivity index (χ0v) is 24.3. The predicted molar refractivity (Wildman–Crippen MR) is 179 cm³/mol. The van der Waals surface area contributed by atoms with Crippen molar-refractivity contribution in [1.82, 2.24) is 10.3 Å². The Morgan fingerprint density at radius 1 is 0.632 bits per heavy atom. The zero-order valence-electron chi connectivity index (χ0n) is 23.3. The molecule has 1 aromatic heterocycles. The summed E-state index contributed by atoms with van der Waals surface area (Å²) in [5.74, 6) is -0.000688. The van der Waals surface area contributed by atoms with Crippen molar-refractivity contribution >= 4 is 82.6 Å². The van der Waals surface area contributed by atoms with E-state index in [0.717, 1.165) is 53.4 Å². The van der Waals surface area contributed by atoms with Crippen LogP contribution in [-0.2, 0) is 0 Å². The van der Waals surface area contributed by atoms with Crippen LogP contribution in [0, 0.1) is 0 Å². The molecule has 1 N–H and O–H groups in total. The minimum atomic E-state index is -2.15. The molecule has 0 saturated carbocycles. The van der Waals surface area contributed by atoms with Crippen LogP contribution in [0.25, 0.3) is 0 Å². The summed E-state index contributed by atoms with van der Waals surface area (Å²) < 4.78 is 0. The van der Waals surface area contributed by atoms with Crippen LogP contribution in [0.4, 0.5) is 0 Å². The molecule has 0 unspecified atom stereocenters. The molecule has 0 bridgehead atoms. The molecule has 0 aliphatic carbocycles. The fourth-order valence-electron chi connectivity index (χ4n) is 5.72. The maximum atomic E-state index is 12.9. The summed E-state index contributed by atoms with van der Waals surface area (Å²) in [6, 6.07) is 33.4. The molecule has 8 heteroatoms. The fourth-order valence-corrected chi connectivity index (χ4v) is 10.6. The first-order valence-corrected chi connectivity index (χ1v) is 16.0. The average Bonchev–Trinajstić information content (AvgIpc) is 2.95. The molecular weight excluding hydrogens is 479 g/mol. The van der Waals surface area contributed by atoms with E-state index < -0.39 is 7.26 Å². The van der Waals surface area contributed by atoms with Gasteiger partial charge in [0.2, 0.25) is 0 Å². The van der Waals surface area contributed by atoms with Gasteiger partial charge in [-0.15, -0.1) is 0 Å². The van der Waals surface area contributed by atoms with Crippen molar-refractivity contribution in [2.24, 2.45) is 0 Å². The number of amides is 1. The van der Waals surface area contributed by atoms with Gasteiger partial charge in [0.1, 0.15) is 0 Å². The Hall–Kier alpha value is -3.03. The Labute approximate surface area is 232 Å². The number of nitrogens with zero attached hydrogens (tertiary/aromatic N) is 1. The van der Waals surface area contributed by atoms with E-state index in [0.29, 0.717) is 6.54 Å². The van der Waals surface area contributed by atoms with Gasteiger partial charge < -0.3 is 0 Å². The van der Waals surface area contributed by atoms with E-state index in [4.69, 9.17) is 0 Å². The molecule has 0 fully saturated rings. The molecule has 0 aliphatic rings. The minimum absolute atomic E-state index is 0.000688. The number of pyridine rings is 1. The molecule has 190 valence electrons. The predicted octanol–water partition coefficient (Wildman–Crippen LogP) is -1.87. The van der Waals surface area contributed by atoms with Gasteiger partial charge in [0.15, 0.2) is 7.85 Å². The van der Waals surface area contributed by atoms with E-state index in [1.165, 1.54) is 22.1 Å². The van der Waals surface area contributed by atoms with E-state index in [-0.39, 0.29) is 5.91 Å². The second kappa shape index (κ2) is 13.2. The summed E-state index contributed by atoms with van der Waals surface area (Å²) in [4.78, 5) is 17.5. The van der Waals surface area contributed by atoms with Gasteiger partial charge in [-0.25, -0.2) is 0 Å². The van der Waals surface area contributed by atoms with Crippen molar-refractivity contribution in [3.8, 4) is 0 Å². The van der Waals surface area contributed by atoms with E-state index >= 15 is 0 Å². The third-order valence-electron chi connectivity index (χ3n) is 7.97. The number of carbonyl (C=O) groups excluding carboxylic acids is 1.